The van der Waals surface area contributed by atoms with Crippen LogP contribution in [0.1, 0.15) is 18.9 Å². The van der Waals surface area contributed by atoms with Crippen molar-refractivity contribution in [3.63, 3.8) is 0 Å². The van der Waals surface area contributed by atoms with E-state index in [1.807, 2.05) is 37.3 Å². The van der Waals surface area contributed by atoms with Crippen LogP contribution in [0.25, 0.3) is 22.2 Å². The highest BCUT2D eigenvalue weighted by atomic mass is 16.5. The second-order valence-corrected chi connectivity index (χ2v) is 6.81. The topological polar surface area (TPSA) is 91.1 Å². The molecule has 2 N–H and O–H groups in total. The van der Waals surface area contributed by atoms with Crippen molar-refractivity contribution in [2.24, 2.45) is 5.92 Å². The van der Waals surface area contributed by atoms with Gasteiger partial charge in [-0.1, -0.05) is 12.1 Å². The summed E-state index contributed by atoms with van der Waals surface area (Å²) in [5, 5.41) is 22.6. The number of aliphatic hydroxyl groups excluding tert-OH is 1. The molecular weight excluding hydrogens is 340 g/mol. The number of ether oxygens (including phenoxy) is 1. The summed E-state index contributed by atoms with van der Waals surface area (Å²) in [6.07, 6.45) is 1.83. The van der Waals surface area contributed by atoms with Crippen LogP contribution in [-0.4, -0.2) is 34.0 Å². The van der Waals surface area contributed by atoms with Gasteiger partial charge in [-0.2, -0.15) is 5.26 Å². The Kier molecular flexibility index (Phi) is 4.71. The van der Waals surface area contributed by atoms with Crippen molar-refractivity contribution >= 4 is 10.9 Å². The third-order valence-corrected chi connectivity index (χ3v) is 4.98. The van der Waals surface area contributed by atoms with Gasteiger partial charge >= 0.3 is 0 Å². The summed E-state index contributed by atoms with van der Waals surface area (Å²) in [4.78, 5) is 9.18. The van der Waals surface area contributed by atoms with Crippen molar-refractivity contribution in [1.82, 2.24) is 15.3 Å². The van der Waals surface area contributed by atoms with Crippen molar-refractivity contribution in [3.8, 4) is 23.2 Å². The van der Waals surface area contributed by atoms with Gasteiger partial charge in [0.05, 0.1) is 28.2 Å². The van der Waals surface area contributed by atoms with Gasteiger partial charge in [0.1, 0.15) is 12.3 Å². The molecule has 0 spiro atoms. The van der Waals surface area contributed by atoms with Crippen LogP contribution in [0.2, 0.25) is 0 Å². The number of hydrogen-bond acceptors (Lipinski definition) is 6. The molecule has 1 saturated heterocycles. The number of fused-ring (bicyclic) bond motifs is 1. The molecule has 0 amide bonds. The summed E-state index contributed by atoms with van der Waals surface area (Å²) in [6.45, 7) is 2.72. The number of rotatable bonds is 4. The molecule has 6 heteroatoms. The van der Waals surface area contributed by atoms with E-state index in [0.29, 0.717) is 24.4 Å². The molecule has 0 bridgehead atoms. The van der Waals surface area contributed by atoms with Crippen LogP contribution in [0.4, 0.5) is 0 Å². The van der Waals surface area contributed by atoms with E-state index >= 15 is 0 Å². The summed E-state index contributed by atoms with van der Waals surface area (Å²) >= 11 is 0. The van der Waals surface area contributed by atoms with E-state index in [9.17, 15) is 5.11 Å². The number of benzene rings is 1. The molecule has 3 unspecified atom stereocenters. The number of aromatic nitrogens is 2. The first-order chi connectivity index (χ1) is 13.1. The van der Waals surface area contributed by atoms with Gasteiger partial charge in [0.2, 0.25) is 5.88 Å². The number of nitrogens with one attached hydrogen (secondary N) is 1. The highest BCUT2D eigenvalue weighted by Crippen LogP contribution is 2.30. The molecule has 4 rings (SSSR count). The molecule has 1 fully saturated rings. The maximum Gasteiger partial charge on any atom is 0.223 e. The molecule has 27 heavy (non-hydrogen) atoms. The van der Waals surface area contributed by atoms with Gasteiger partial charge in [0.25, 0.3) is 0 Å². The highest BCUT2D eigenvalue weighted by Gasteiger charge is 2.28. The Morgan fingerprint density at radius 1 is 1.30 bits per heavy atom. The maximum absolute atomic E-state index is 9.71. The Morgan fingerprint density at radius 3 is 2.81 bits per heavy atom. The molecule has 3 heterocycles. The second-order valence-electron chi connectivity index (χ2n) is 6.81. The van der Waals surface area contributed by atoms with Gasteiger partial charge in [-0.3, -0.25) is 10.3 Å². The lowest BCUT2D eigenvalue weighted by atomic mass is 10.0. The van der Waals surface area contributed by atoms with Gasteiger partial charge < -0.3 is 9.84 Å². The average Bonchev–Trinajstić information content (AvgIpc) is 3.14. The van der Waals surface area contributed by atoms with Crippen molar-refractivity contribution < 1.29 is 9.84 Å². The summed E-state index contributed by atoms with van der Waals surface area (Å²) in [5.41, 5.74) is 3.06. The van der Waals surface area contributed by atoms with Crippen molar-refractivity contribution in [3.05, 3.63) is 54.2 Å². The summed E-state index contributed by atoms with van der Waals surface area (Å²) in [7, 11) is 0. The Bertz CT molecular complexity index is 997. The minimum absolute atomic E-state index is 0.0956. The fourth-order valence-corrected chi connectivity index (χ4v) is 3.37. The number of hydrogen-bond donors (Lipinski definition) is 2. The van der Waals surface area contributed by atoms with E-state index in [-0.39, 0.29) is 12.0 Å². The largest absolute Gasteiger partial charge is 0.474 e. The normalized spacial score (nSPS) is 20.3. The Hall–Kier alpha value is -3.01. The van der Waals surface area contributed by atoms with Crippen LogP contribution >= 0.6 is 0 Å². The predicted octanol–water partition coefficient (Wildman–Crippen LogP) is 2.86. The number of pyridine rings is 2. The van der Waals surface area contributed by atoms with Crippen molar-refractivity contribution in [2.75, 3.05) is 6.54 Å². The van der Waals surface area contributed by atoms with Gasteiger partial charge in [-0.15, -0.1) is 0 Å². The highest BCUT2D eigenvalue weighted by molar-refractivity contribution is 5.86. The van der Waals surface area contributed by atoms with E-state index in [1.165, 1.54) is 0 Å². The SMILES string of the molecule is CC(Oc1nc(-c2ccc(C#N)cc2)cc2ncccc12)C1CNC(O)C1. The fourth-order valence-electron chi connectivity index (χ4n) is 3.37. The van der Waals surface area contributed by atoms with Crippen molar-refractivity contribution in [2.45, 2.75) is 25.7 Å². The molecule has 6 nitrogen and oxygen atoms in total. The lowest BCUT2D eigenvalue weighted by Gasteiger charge is -2.21. The number of aliphatic hydroxyl groups is 1. The quantitative estimate of drug-likeness (QED) is 0.743. The van der Waals surface area contributed by atoms with E-state index in [0.717, 1.165) is 22.2 Å². The molecule has 1 aliphatic heterocycles. The predicted molar refractivity (Wildman–Crippen MR) is 102 cm³/mol. The summed E-state index contributed by atoms with van der Waals surface area (Å²) in [6, 6.07) is 15.2. The zero-order valence-electron chi connectivity index (χ0n) is 15.0. The Balaban J connectivity index is 1.71. The van der Waals surface area contributed by atoms with Gasteiger partial charge in [-0.05, 0) is 43.7 Å². The maximum atomic E-state index is 9.71. The summed E-state index contributed by atoms with van der Waals surface area (Å²) < 4.78 is 6.21. The smallest absolute Gasteiger partial charge is 0.223 e. The van der Waals surface area contributed by atoms with Crippen LogP contribution in [-0.2, 0) is 0 Å². The Morgan fingerprint density at radius 2 is 2.11 bits per heavy atom. The average molecular weight is 360 g/mol. The standard InChI is InChI=1S/C21H20N4O2/c1-13(16-9-20(26)24-12-16)27-21-17-3-2-8-23-19(17)10-18(25-21)15-6-4-14(11-22)5-7-15/h2-8,10,13,16,20,24,26H,9,12H2,1H3. The molecule has 2 aromatic heterocycles. The van der Waals surface area contributed by atoms with E-state index < -0.39 is 6.23 Å². The molecule has 0 radical (unpaired) electrons. The van der Waals surface area contributed by atoms with Crippen LogP contribution in [0.5, 0.6) is 5.88 Å². The van der Waals surface area contributed by atoms with Crippen LogP contribution < -0.4 is 10.1 Å². The first kappa shape index (κ1) is 17.4. The van der Waals surface area contributed by atoms with Gasteiger partial charge in [0, 0.05) is 24.2 Å². The van der Waals surface area contributed by atoms with Crippen molar-refractivity contribution in [1.29, 1.82) is 5.26 Å². The zero-order valence-corrected chi connectivity index (χ0v) is 15.0. The van der Waals surface area contributed by atoms with Gasteiger partial charge in [0.15, 0.2) is 0 Å². The molecule has 3 aromatic rings. The monoisotopic (exact) mass is 360 g/mol. The molecule has 0 saturated carbocycles. The first-order valence-corrected chi connectivity index (χ1v) is 8.98. The Labute approximate surface area is 157 Å². The molecule has 3 atom stereocenters. The third kappa shape index (κ3) is 3.61. The molecule has 1 aromatic carbocycles. The minimum atomic E-state index is -0.475. The van der Waals surface area contributed by atoms with Crippen LogP contribution in [0.15, 0.2) is 48.7 Å². The molecular formula is C21H20N4O2. The fraction of sp³-hybridized carbons (Fsp3) is 0.286. The van der Waals surface area contributed by atoms with Crippen LogP contribution in [0, 0.1) is 17.2 Å². The first-order valence-electron chi connectivity index (χ1n) is 8.98. The zero-order chi connectivity index (χ0) is 18.8. The third-order valence-electron chi connectivity index (χ3n) is 4.98. The lowest BCUT2D eigenvalue weighted by Crippen LogP contribution is -2.26. The molecule has 136 valence electrons. The molecule has 1 aliphatic rings. The summed E-state index contributed by atoms with van der Waals surface area (Å²) in [5.74, 6) is 0.751. The van der Waals surface area contributed by atoms with E-state index in [2.05, 4.69) is 16.4 Å². The van der Waals surface area contributed by atoms with Crippen LogP contribution in [0.3, 0.4) is 0 Å². The number of nitrogens with zero attached hydrogens (tertiary/aromatic N) is 3. The van der Waals surface area contributed by atoms with E-state index in [1.54, 1.807) is 18.3 Å². The second kappa shape index (κ2) is 7.31. The molecule has 0 aliphatic carbocycles. The lowest BCUT2D eigenvalue weighted by molar-refractivity contribution is 0.125. The van der Waals surface area contributed by atoms with E-state index in [4.69, 9.17) is 15.0 Å². The minimum Gasteiger partial charge on any atom is -0.474 e. The number of nitriles is 1. The van der Waals surface area contributed by atoms with Gasteiger partial charge in [-0.25, -0.2) is 4.98 Å².